The summed E-state index contributed by atoms with van der Waals surface area (Å²) in [6.07, 6.45) is -0.624. The molecule has 0 aliphatic carbocycles. The highest BCUT2D eigenvalue weighted by atomic mass is 32.2. The van der Waals surface area contributed by atoms with E-state index in [0.717, 1.165) is 11.1 Å². The average molecular weight is 287 g/mol. The molecule has 19 heavy (non-hydrogen) atoms. The zero-order chi connectivity index (χ0) is 14.6. The van der Waals surface area contributed by atoms with Crippen molar-refractivity contribution in [2.75, 3.05) is 14.2 Å². The molecule has 0 fully saturated rings. The largest absolute Gasteiger partial charge is 0.354 e. The number of rotatable bonds is 6. The summed E-state index contributed by atoms with van der Waals surface area (Å²) >= 11 is 0. The molecule has 6 heteroatoms. The minimum atomic E-state index is -3.57. The second-order valence-electron chi connectivity index (χ2n) is 4.50. The molecule has 0 heterocycles. The molecule has 1 aromatic rings. The summed E-state index contributed by atoms with van der Waals surface area (Å²) in [5.74, 6) is 0. The predicted octanol–water partition coefficient (Wildman–Crippen LogP) is 1.59. The summed E-state index contributed by atoms with van der Waals surface area (Å²) in [6.45, 7) is 5.51. The van der Waals surface area contributed by atoms with Crippen LogP contribution in [-0.2, 0) is 19.5 Å². The Morgan fingerprint density at radius 2 is 1.68 bits per heavy atom. The van der Waals surface area contributed by atoms with Crippen LogP contribution >= 0.6 is 0 Å². The Labute approximate surface area is 115 Å². The van der Waals surface area contributed by atoms with Gasteiger partial charge in [-0.15, -0.1) is 0 Å². The van der Waals surface area contributed by atoms with Crippen molar-refractivity contribution in [3.8, 4) is 0 Å². The number of nitrogens with one attached hydrogen (secondary N) is 1. The minimum absolute atomic E-state index is 0.244. The van der Waals surface area contributed by atoms with Gasteiger partial charge in [-0.05, 0) is 44.0 Å². The second kappa shape index (κ2) is 6.47. The summed E-state index contributed by atoms with van der Waals surface area (Å²) < 4.78 is 37.1. The lowest BCUT2D eigenvalue weighted by molar-refractivity contribution is -0.115. The van der Waals surface area contributed by atoms with Crippen molar-refractivity contribution in [3.05, 3.63) is 29.3 Å². The number of sulfonamides is 1. The molecule has 0 saturated heterocycles. The van der Waals surface area contributed by atoms with E-state index in [-0.39, 0.29) is 4.90 Å². The van der Waals surface area contributed by atoms with Gasteiger partial charge in [-0.2, -0.15) is 0 Å². The molecule has 1 unspecified atom stereocenters. The highest BCUT2D eigenvalue weighted by Crippen LogP contribution is 2.15. The number of hydrogen-bond acceptors (Lipinski definition) is 4. The zero-order valence-corrected chi connectivity index (χ0v) is 12.7. The number of benzene rings is 1. The molecule has 0 spiro atoms. The third-order valence-corrected chi connectivity index (χ3v) is 4.56. The monoisotopic (exact) mass is 287 g/mol. The molecule has 1 rings (SSSR count). The lowest BCUT2D eigenvalue weighted by Gasteiger charge is -2.22. The Morgan fingerprint density at radius 3 is 2.16 bits per heavy atom. The van der Waals surface area contributed by atoms with Crippen LogP contribution in [0.4, 0.5) is 0 Å². The SMILES string of the molecule is COC(OC)C(C)NS(=O)(=O)c1ccc(C)c(C)c1. The van der Waals surface area contributed by atoms with Crippen molar-refractivity contribution >= 4 is 10.0 Å². The molecule has 108 valence electrons. The average Bonchev–Trinajstić information content (AvgIpc) is 2.33. The smallest absolute Gasteiger partial charge is 0.240 e. The maximum absolute atomic E-state index is 12.2. The van der Waals surface area contributed by atoms with Crippen LogP contribution < -0.4 is 4.72 Å². The fourth-order valence-corrected chi connectivity index (χ4v) is 3.07. The quantitative estimate of drug-likeness (QED) is 0.807. The second-order valence-corrected chi connectivity index (χ2v) is 6.21. The van der Waals surface area contributed by atoms with Crippen LogP contribution in [0.5, 0.6) is 0 Å². The van der Waals surface area contributed by atoms with Crippen molar-refractivity contribution in [2.24, 2.45) is 0 Å². The third-order valence-electron chi connectivity index (χ3n) is 3.00. The summed E-state index contributed by atoms with van der Waals surface area (Å²) in [5, 5.41) is 0. The van der Waals surface area contributed by atoms with Crippen LogP contribution in [0.2, 0.25) is 0 Å². The first kappa shape index (κ1) is 16.1. The molecular weight excluding hydrogens is 266 g/mol. The molecule has 1 N–H and O–H groups in total. The van der Waals surface area contributed by atoms with E-state index in [9.17, 15) is 8.42 Å². The van der Waals surface area contributed by atoms with Gasteiger partial charge in [-0.1, -0.05) is 6.07 Å². The van der Waals surface area contributed by atoms with Crippen molar-refractivity contribution in [1.29, 1.82) is 0 Å². The number of hydrogen-bond donors (Lipinski definition) is 1. The lowest BCUT2D eigenvalue weighted by atomic mass is 10.1. The fourth-order valence-electron chi connectivity index (χ4n) is 1.75. The predicted molar refractivity (Wildman–Crippen MR) is 73.5 cm³/mol. The van der Waals surface area contributed by atoms with Gasteiger partial charge in [0, 0.05) is 14.2 Å². The summed E-state index contributed by atoms with van der Waals surface area (Å²) in [7, 11) is -0.639. The number of methoxy groups -OCH3 is 2. The minimum Gasteiger partial charge on any atom is -0.354 e. The Kier molecular flexibility index (Phi) is 5.49. The maximum Gasteiger partial charge on any atom is 0.240 e. The summed E-state index contributed by atoms with van der Waals surface area (Å²) in [5.41, 5.74) is 1.99. The highest BCUT2D eigenvalue weighted by molar-refractivity contribution is 7.89. The van der Waals surface area contributed by atoms with Crippen LogP contribution in [0.1, 0.15) is 18.1 Å². The van der Waals surface area contributed by atoms with E-state index < -0.39 is 22.4 Å². The van der Waals surface area contributed by atoms with Crippen LogP contribution in [0.3, 0.4) is 0 Å². The Bertz CT molecular complexity index is 523. The van der Waals surface area contributed by atoms with E-state index in [4.69, 9.17) is 9.47 Å². The van der Waals surface area contributed by atoms with Crippen molar-refractivity contribution < 1.29 is 17.9 Å². The van der Waals surface area contributed by atoms with Gasteiger partial charge in [0.1, 0.15) is 0 Å². The van der Waals surface area contributed by atoms with E-state index in [0.29, 0.717) is 0 Å². The molecule has 1 aromatic carbocycles. The molecule has 0 amide bonds. The van der Waals surface area contributed by atoms with Crippen LogP contribution in [0.15, 0.2) is 23.1 Å². The highest BCUT2D eigenvalue weighted by Gasteiger charge is 2.23. The van der Waals surface area contributed by atoms with E-state index >= 15 is 0 Å². The van der Waals surface area contributed by atoms with Crippen LogP contribution in [-0.4, -0.2) is 35.0 Å². The molecule has 0 aliphatic rings. The Hall–Kier alpha value is -0.950. The number of aryl methyl sites for hydroxylation is 2. The van der Waals surface area contributed by atoms with Gasteiger partial charge in [0.25, 0.3) is 0 Å². The van der Waals surface area contributed by atoms with Crippen molar-refractivity contribution in [3.63, 3.8) is 0 Å². The molecule has 0 saturated carbocycles. The lowest BCUT2D eigenvalue weighted by Crippen LogP contribution is -2.42. The first-order valence-electron chi connectivity index (χ1n) is 5.97. The maximum atomic E-state index is 12.2. The standard InChI is InChI=1S/C13H21NO4S/c1-9-6-7-12(8-10(9)2)19(15,16)14-11(3)13(17-4)18-5/h6-8,11,13-14H,1-5H3. The zero-order valence-electron chi connectivity index (χ0n) is 11.9. The normalized spacial score (nSPS) is 13.8. The van der Waals surface area contributed by atoms with E-state index in [1.807, 2.05) is 13.8 Å². The molecular formula is C13H21NO4S. The Balaban J connectivity index is 2.95. The molecule has 0 aliphatic heterocycles. The van der Waals surface area contributed by atoms with Crippen molar-refractivity contribution in [1.82, 2.24) is 4.72 Å². The van der Waals surface area contributed by atoms with Gasteiger partial charge in [0.05, 0.1) is 10.9 Å². The first-order chi connectivity index (χ1) is 8.81. The molecule has 1 atom stereocenters. The van der Waals surface area contributed by atoms with E-state index in [1.165, 1.54) is 14.2 Å². The van der Waals surface area contributed by atoms with Gasteiger partial charge in [-0.3, -0.25) is 0 Å². The number of ether oxygens (including phenoxy) is 2. The van der Waals surface area contributed by atoms with Gasteiger partial charge in [-0.25, -0.2) is 13.1 Å². The first-order valence-corrected chi connectivity index (χ1v) is 7.45. The van der Waals surface area contributed by atoms with Crippen molar-refractivity contribution in [2.45, 2.75) is 38.0 Å². The molecule has 5 nitrogen and oxygen atoms in total. The fraction of sp³-hybridized carbons (Fsp3) is 0.538. The Morgan fingerprint density at radius 1 is 1.11 bits per heavy atom. The van der Waals surface area contributed by atoms with Gasteiger partial charge in [0.15, 0.2) is 6.29 Å². The summed E-state index contributed by atoms with van der Waals surface area (Å²) in [4.78, 5) is 0.244. The van der Waals surface area contributed by atoms with Gasteiger partial charge < -0.3 is 9.47 Å². The molecule has 0 radical (unpaired) electrons. The topological polar surface area (TPSA) is 64.6 Å². The van der Waals surface area contributed by atoms with Crippen LogP contribution in [0.25, 0.3) is 0 Å². The summed E-state index contributed by atoms with van der Waals surface area (Å²) in [6, 6.07) is 4.55. The molecule has 0 aromatic heterocycles. The van der Waals surface area contributed by atoms with Gasteiger partial charge >= 0.3 is 0 Å². The van der Waals surface area contributed by atoms with E-state index in [2.05, 4.69) is 4.72 Å². The van der Waals surface area contributed by atoms with Gasteiger partial charge in [0.2, 0.25) is 10.0 Å². The van der Waals surface area contributed by atoms with E-state index in [1.54, 1.807) is 25.1 Å². The third kappa shape index (κ3) is 4.01. The molecule has 0 bridgehead atoms. The van der Waals surface area contributed by atoms with Crippen LogP contribution in [0, 0.1) is 13.8 Å².